The first-order valence-corrected chi connectivity index (χ1v) is 6.15. The Labute approximate surface area is 97.6 Å². The summed E-state index contributed by atoms with van der Waals surface area (Å²) < 4.78 is 0. The van der Waals surface area contributed by atoms with Gasteiger partial charge in [0.15, 0.2) is 0 Å². The molecule has 1 aromatic rings. The molecule has 16 heavy (non-hydrogen) atoms. The zero-order chi connectivity index (χ0) is 11.2. The van der Waals surface area contributed by atoms with Gasteiger partial charge in [0, 0.05) is 31.9 Å². The second-order valence-corrected chi connectivity index (χ2v) is 4.30. The molecule has 0 aromatic heterocycles. The summed E-state index contributed by atoms with van der Waals surface area (Å²) in [4.78, 5) is 2.43. The van der Waals surface area contributed by atoms with E-state index < -0.39 is 0 Å². The highest BCUT2D eigenvalue weighted by Crippen LogP contribution is 2.16. The van der Waals surface area contributed by atoms with Gasteiger partial charge in [-0.05, 0) is 37.1 Å². The molecular formula is C13H21N3. The maximum Gasteiger partial charge on any atom is 0.0367 e. The van der Waals surface area contributed by atoms with Crippen LogP contribution in [0.3, 0.4) is 0 Å². The molecule has 1 heterocycles. The second kappa shape index (κ2) is 5.87. The lowest BCUT2D eigenvalue weighted by Gasteiger charge is -2.29. The van der Waals surface area contributed by atoms with Gasteiger partial charge in [0.2, 0.25) is 0 Å². The summed E-state index contributed by atoms with van der Waals surface area (Å²) in [7, 11) is 0. The van der Waals surface area contributed by atoms with E-state index in [-0.39, 0.29) is 0 Å². The zero-order valence-corrected chi connectivity index (χ0v) is 9.78. The van der Waals surface area contributed by atoms with Gasteiger partial charge in [0.05, 0.1) is 0 Å². The molecule has 0 amide bonds. The van der Waals surface area contributed by atoms with E-state index in [0.29, 0.717) is 0 Å². The Morgan fingerprint density at radius 3 is 2.44 bits per heavy atom. The van der Waals surface area contributed by atoms with Crippen LogP contribution in [0.5, 0.6) is 0 Å². The smallest absolute Gasteiger partial charge is 0.0367 e. The Balaban J connectivity index is 1.95. The van der Waals surface area contributed by atoms with Crippen molar-refractivity contribution in [3.05, 3.63) is 29.8 Å². The fourth-order valence-electron chi connectivity index (χ4n) is 2.10. The Morgan fingerprint density at radius 2 is 1.81 bits per heavy atom. The number of anilines is 1. The third-order valence-electron chi connectivity index (χ3n) is 3.09. The summed E-state index contributed by atoms with van der Waals surface area (Å²) in [5, 5.41) is 3.37. The van der Waals surface area contributed by atoms with E-state index in [4.69, 9.17) is 5.73 Å². The third kappa shape index (κ3) is 2.97. The number of nitrogens with zero attached hydrogens (tertiary/aromatic N) is 1. The van der Waals surface area contributed by atoms with Crippen LogP contribution in [0.2, 0.25) is 0 Å². The molecule has 1 fully saturated rings. The molecule has 1 saturated heterocycles. The minimum atomic E-state index is 0.777. The van der Waals surface area contributed by atoms with Gasteiger partial charge in [-0.3, -0.25) is 0 Å². The molecule has 0 bridgehead atoms. The molecule has 1 aliphatic heterocycles. The van der Waals surface area contributed by atoms with E-state index in [1.807, 2.05) is 0 Å². The molecule has 3 heteroatoms. The molecule has 0 saturated carbocycles. The van der Waals surface area contributed by atoms with E-state index in [9.17, 15) is 0 Å². The van der Waals surface area contributed by atoms with Crippen molar-refractivity contribution in [3.63, 3.8) is 0 Å². The first-order chi connectivity index (χ1) is 7.90. The van der Waals surface area contributed by atoms with Gasteiger partial charge in [-0.1, -0.05) is 12.1 Å². The number of benzene rings is 1. The molecule has 0 unspecified atom stereocenters. The minimum Gasteiger partial charge on any atom is -0.369 e. The summed E-state index contributed by atoms with van der Waals surface area (Å²) in [5.74, 6) is 0. The number of piperazine rings is 1. The molecule has 0 atom stereocenters. The van der Waals surface area contributed by atoms with Crippen LogP contribution in [-0.2, 0) is 6.42 Å². The molecule has 88 valence electrons. The zero-order valence-electron chi connectivity index (χ0n) is 9.78. The van der Waals surface area contributed by atoms with Crippen molar-refractivity contribution in [1.82, 2.24) is 5.32 Å². The average molecular weight is 219 g/mol. The molecule has 1 aromatic carbocycles. The van der Waals surface area contributed by atoms with E-state index >= 15 is 0 Å². The molecule has 0 radical (unpaired) electrons. The van der Waals surface area contributed by atoms with Crippen molar-refractivity contribution in [1.29, 1.82) is 0 Å². The number of rotatable bonds is 4. The van der Waals surface area contributed by atoms with Gasteiger partial charge in [0.25, 0.3) is 0 Å². The van der Waals surface area contributed by atoms with Gasteiger partial charge in [0.1, 0.15) is 0 Å². The molecule has 3 nitrogen and oxygen atoms in total. The highest BCUT2D eigenvalue weighted by Gasteiger charge is 2.09. The molecule has 0 aliphatic carbocycles. The maximum atomic E-state index is 5.51. The number of nitrogens with two attached hydrogens (primary N) is 1. The summed E-state index contributed by atoms with van der Waals surface area (Å²) >= 11 is 0. The van der Waals surface area contributed by atoms with Crippen molar-refractivity contribution >= 4 is 5.69 Å². The number of hydrogen-bond donors (Lipinski definition) is 2. The fourth-order valence-corrected chi connectivity index (χ4v) is 2.10. The molecule has 1 aliphatic rings. The molecule has 0 spiro atoms. The summed E-state index contributed by atoms with van der Waals surface area (Å²) in [6.45, 7) is 5.19. The maximum absolute atomic E-state index is 5.51. The largest absolute Gasteiger partial charge is 0.369 e. The van der Waals surface area contributed by atoms with Crippen LogP contribution < -0.4 is 16.0 Å². The van der Waals surface area contributed by atoms with Crippen molar-refractivity contribution < 1.29 is 0 Å². The topological polar surface area (TPSA) is 41.3 Å². The number of aryl methyl sites for hydroxylation is 1. The normalized spacial score (nSPS) is 16.4. The lowest BCUT2D eigenvalue weighted by atomic mass is 10.1. The highest BCUT2D eigenvalue weighted by atomic mass is 15.2. The van der Waals surface area contributed by atoms with Crippen LogP contribution in [0.4, 0.5) is 5.69 Å². The Hall–Kier alpha value is -1.06. The predicted molar refractivity (Wildman–Crippen MR) is 68.9 cm³/mol. The minimum absolute atomic E-state index is 0.777. The van der Waals surface area contributed by atoms with Crippen LogP contribution in [0.1, 0.15) is 12.0 Å². The SMILES string of the molecule is NCCCc1ccc(N2CCNCC2)cc1. The van der Waals surface area contributed by atoms with E-state index in [0.717, 1.165) is 45.6 Å². The van der Waals surface area contributed by atoms with Crippen LogP contribution in [0.25, 0.3) is 0 Å². The van der Waals surface area contributed by atoms with E-state index in [2.05, 4.69) is 34.5 Å². The lowest BCUT2D eigenvalue weighted by Crippen LogP contribution is -2.43. The van der Waals surface area contributed by atoms with Gasteiger partial charge < -0.3 is 16.0 Å². The second-order valence-electron chi connectivity index (χ2n) is 4.30. The lowest BCUT2D eigenvalue weighted by molar-refractivity contribution is 0.589. The predicted octanol–water partition coefficient (Wildman–Crippen LogP) is 0.988. The number of nitrogens with one attached hydrogen (secondary N) is 1. The van der Waals surface area contributed by atoms with Crippen LogP contribution >= 0.6 is 0 Å². The standard InChI is InChI=1S/C13H21N3/c14-7-1-2-12-3-5-13(6-4-12)16-10-8-15-9-11-16/h3-6,15H,1-2,7-11,14H2. The van der Waals surface area contributed by atoms with E-state index in [1.54, 1.807) is 0 Å². The molecule has 2 rings (SSSR count). The van der Waals surface area contributed by atoms with Gasteiger partial charge in [-0.25, -0.2) is 0 Å². The quantitative estimate of drug-likeness (QED) is 0.793. The Morgan fingerprint density at radius 1 is 1.12 bits per heavy atom. The van der Waals surface area contributed by atoms with Crippen molar-refractivity contribution in [2.24, 2.45) is 5.73 Å². The Kier molecular flexibility index (Phi) is 4.19. The van der Waals surface area contributed by atoms with E-state index in [1.165, 1.54) is 11.3 Å². The van der Waals surface area contributed by atoms with Gasteiger partial charge >= 0.3 is 0 Å². The summed E-state index contributed by atoms with van der Waals surface area (Å²) in [6.07, 6.45) is 2.17. The summed E-state index contributed by atoms with van der Waals surface area (Å²) in [5.41, 5.74) is 8.25. The van der Waals surface area contributed by atoms with Crippen molar-refractivity contribution in [2.45, 2.75) is 12.8 Å². The van der Waals surface area contributed by atoms with Gasteiger partial charge in [-0.2, -0.15) is 0 Å². The highest BCUT2D eigenvalue weighted by molar-refractivity contribution is 5.48. The molecular weight excluding hydrogens is 198 g/mol. The first kappa shape index (κ1) is 11.4. The van der Waals surface area contributed by atoms with Crippen molar-refractivity contribution in [2.75, 3.05) is 37.6 Å². The van der Waals surface area contributed by atoms with Gasteiger partial charge in [-0.15, -0.1) is 0 Å². The fraction of sp³-hybridized carbons (Fsp3) is 0.538. The van der Waals surface area contributed by atoms with Crippen LogP contribution in [0.15, 0.2) is 24.3 Å². The van der Waals surface area contributed by atoms with Crippen LogP contribution in [-0.4, -0.2) is 32.7 Å². The monoisotopic (exact) mass is 219 g/mol. The first-order valence-electron chi connectivity index (χ1n) is 6.15. The average Bonchev–Trinajstić information content (AvgIpc) is 2.38. The molecule has 3 N–H and O–H groups in total. The third-order valence-corrected chi connectivity index (χ3v) is 3.09. The Bertz CT molecular complexity index is 301. The van der Waals surface area contributed by atoms with Crippen molar-refractivity contribution in [3.8, 4) is 0 Å². The number of hydrogen-bond acceptors (Lipinski definition) is 3. The summed E-state index contributed by atoms with van der Waals surface area (Å²) in [6, 6.07) is 8.92. The van der Waals surface area contributed by atoms with Crippen LogP contribution in [0, 0.1) is 0 Å².